The second-order valence-electron chi connectivity index (χ2n) is 8.87. The average Bonchev–Trinajstić information content (AvgIpc) is 3.13. The van der Waals surface area contributed by atoms with Gasteiger partial charge in [-0.1, -0.05) is 61.5 Å². The molecule has 0 N–H and O–H groups in total. The number of amides is 2. The molecule has 1 aliphatic rings. The summed E-state index contributed by atoms with van der Waals surface area (Å²) in [5.74, 6) is 1.14. The topological polar surface area (TPSA) is 71.3 Å². The Morgan fingerprint density at radius 2 is 1.79 bits per heavy atom. The minimum atomic E-state index is -0.511. The number of hydrogen-bond donors (Lipinski definition) is 0. The van der Waals surface area contributed by atoms with Crippen molar-refractivity contribution >= 4 is 11.8 Å². The van der Waals surface area contributed by atoms with Crippen molar-refractivity contribution in [3.8, 4) is 11.1 Å². The molecule has 0 unspecified atom stereocenters. The second kappa shape index (κ2) is 9.57. The SMILES string of the molecule is Cc1nc(C)n(C[C@H](C)C(=O)N2CCN(C)C(=O)[C@H]2Cc2cccc(-c3ccccc3)c2)n1. The highest BCUT2D eigenvalue weighted by atomic mass is 16.2. The fourth-order valence-corrected chi connectivity index (χ4v) is 4.46. The van der Waals surface area contributed by atoms with Crippen LogP contribution in [-0.4, -0.2) is 62.6 Å². The molecular weight excluding hydrogens is 414 g/mol. The number of benzene rings is 2. The predicted octanol–water partition coefficient (Wildman–Crippen LogP) is 3.11. The molecule has 172 valence electrons. The van der Waals surface area contributed by atoms with E-state index >= 15 is 0 Å². The average molecular weight is 446 g/mol. The summed E-state index contributed by atoms with van der Waals surface area (Å²) in [5.41, 5.74) is 3.28. The first-order chi connectivity index (χ1) is 15.8. The Labute approximate surface area is 195 Å². The molecule has 0 bridgehead atoms. The van der Waals surface area contributed by atoms with Crippen molar-refractivity contribution < 1.29 is 9.59 Å². The number of carbonyl (C=O) groups is 2. The van der Waals surface area contributed by atoms with E-state index < -0.39 is 6.04 Å². The molecule has 0 saturated carbocycles. The molecular formula is C26H31N5O2. The van der Waals surface area contributed by atoms with Crippen molar-refractivity contribution in [2.75, 3.05) is 20.1 Å². The van der Waals surface area contributed by atoms with E-state index in [0.717, 1.165) is 22.5 Å². The standard InChI is InChI=1S/C26H31N5O2/c1-18(17-31-20(3)27-19(2)28-31)25(32)30-14-13-29(4)26(33)24(30)16-21-9-8-12-23(15-21)22-10-6-5-7-11-22/h5-12,15,18,24H,13-14,16-17H2,1-4H3/t18-,24+/m0/s1. The Morgan fingerprint density at radius 1 is 1.06 bits per heavy atom. The van der Waals surface area contributed by atoms with Gasteiger partial charge in [-0.25, -0.2) is 9.67 Å². The number of nitrogens with zero attached hydrogens (tertiary/aromatic N) is 5. The molecule has 2 heterocycles. The Morgan fingerprint density at radius 3 is 2.48 bits per heavy atom. The molecule has 1 fully saturated rings. The van der Waals surface area contributed by atoms with Gasteiger partial charge < -0.3 is 9.80 Å². The van der Waals surface area contributed by atoms with Gasteiger partial charge in [-0.15, -0.1) is 0 Å². The van der Waals surface area contributed by atoms with Crippen LogP contribution in [-0.2, 0) is 22.6 Å². The van der Waals surface area contributed by atoms with E-state index in [1.807, 2.05) is 58.2 Å². The first-order valence-electron chi connectivity index (χ1n) is 11.4. The maximum absolute atomic E-state index is 13.5. The highest BCUT2D eigenvalue weighted by molar-refractivity contribution is 5.89. The van der Waals surface area contributed by atoms with Gasteiger partial charge in [-0.05, 0) is 30.5 Å². The molecule has 0 spiro atoms. The van der Waals surface area contributed by atoms with Gasteiger partial charge in [-0.2, -0.15) is 5.10 Å². The highest BCUT2D eigenvalue weighted by Gasteiger charge is 2.37. The lowest BCUT2D eigenvalue weighted by Crippen LogP contribution is -2.59. The van der Waals surface area contributed by atoms with E-state index in [4.69, 9.17) is 0 Å². The van der Waals surface area contributed by atoms with Gasteiger partial charge in [0, 0.05) is 26.6 Å². The molecule has 1 aliphatic heterocycles. The van der Waals surface area contributed by atoms with E-state index in [1.54, 1.807) is 14.5 Å². The largest absolute Gasteiger partial charge is 0.342 e. The number of aryl methyl sites for hydroxylation is 2. The van der Waals surface area contributed by atoms with Crippen molar-refractivity contribution in [2.45, 2.75) is 39.8 Å². The predicted molar refractivity (Wildman–Crippen MR) is 127 cm³/mol. The van der Waals surface area contributed by atoms with Crippen LogP contribution in [0.1, 0.15) is 24.1 Å². The molecule has 0 radical (unpaired) electrons. The molecule has 1 aromatic heterocycles. The summed E-state index contributed by atoms with van der Waals surface area (Å²) < 4.78 is 1.77. The van der Waals surface area contributed by atoms with Crippen LogP contribution >= 0.6 is 0 Å². The fourth-order valence-electron chi connectivity index (χ4n) is 4.46. The first kappa shape index (κ1) is 22.7. The summed E-state index contributed by atoms with van der Waals surface area (Å²) in [5, 5.41) is 4.39. The van der Waals surface area contributed by atoms with Crippen molar-refractivity contribution in [3.63, 3.8) is 0 Å². The van der Waals surface area contributed by atoms with Crippen LogP contribution in [0.4, 0.5) is 0 Å². The number of piperazine rings is 1. The van der Waals surface area contributed by atoms with Gasteiger partial charge in [0.2, 0.25) is 11.8 Å². The van der Waals surface area contributed by atoms with E-state index in [2.05, 4.69) is 34.3 Å². The Balaban J connectivity index is 1.55. The summed E-state index contributed by atoms with van der Waals surface area (Å²) in [6.45, 7) is 7.15. The molecule has 33 heavy (non-hydrogen) atoms. The fraction of sp³-hybridized carbons (Fsp3) is 0.385. The van der Waals surface area contributed by atoms with Gasteiger partial charge in [-0.3, -0.25) is 9.59 Å². The van der Waals surface area contributed by atoms with E-state index in [9.17, 15) is 9.59 Å². The number of likely N-dealkylation sites (N-methyl/N-ethyl adjacent to an activating group) is 1. The Hall–Kier alpha value is -3.48. The summed E-state index contributed by atoms with van der Waals surface area (Å²) in [4.78, 5) is 34.4. The van der Waals surface area contributed by atoms with Crippen LogP contribution in [0.2, 0.25) is 0 Å². The molecule has 7 heteroatoms. The molecule has 0 aliphatic carbocycles. The lowest BCUT2D eigenvalue weighted by atomic mass is 9.96. The quantitative estimate of drug-likeness (QED) is 0.585. The Kier molecular flexibility index (Phi) is 6.58. The van der Waals surface area contributed by atoms with Crippen LogP contribution in [0.5, 0.6) is 0 Å². The van der Waals surface area contributed by atoms with E-state index in [-0.39, 0.29) is 17.7 Å². The summed E-state index contributed by atoms with van der Waals surface area (Å²) >= 11 is 0. The third kappa shape index (κ3) is 4.97. The molecule has 4 rings (SSSR count). The maximum Gasteiger partial charge on any atom is 0.245 e. The second-order valence-corrected chi connectivity index (χ2v) is 8.87. The minimum Gasteiger partial charge on any atom is -0.342 e. The number of rotatable bonds is 6. The molecule has 2 aromatic carbocycles. The van der Waals surface area contributed by atoms with Crippen molar-refractivity contribution in [1.82, 2.24) is 24.6 Å². The highest BCUT2D eigenvalue weighted by Crippen LogP contribution is 2.23. The van der Waals surface area contributed by atoms with Gasteiger partial charge in [0.25, 0.3) is 0 Å². The monoisotopic (exact) mass is 445 g/mol. The zero-order valence-electron chi connectivity index (χ0n) is 19.7. The van der Waals surface area contributed by atoms with Crippen molar-refractivity contribution in [2.24, 2.45) is 5.92 Å². The normalized spacial score (nSPS) is 17.3. The lowest BCUT2D eigenvalue weighted by molar-refractivity contribution is -0.152. The molecule has 2 amide bonds. The minimum absolute atomic E-state index is 0.0142. The van der Waals surface area contributed by atoms with Crippen LogP contribution in [0.15, 0.2) is 54.6 Å². The van der Waals surface area contributed by atoms with Crippen LogP contribution < -0.4 is 0 Å². The zero-order chi connectivity index (χ0) is 23.5. The van der Waals surface area contributed by atoms with E-state index in [1.165, 1.54) is 0 Å². The zero-order valence-corrected chi connectivity index (χ0v) is 19.7. The van der Waals surface area contributed by atoms with Crippen molar-refractivity contribution in [3.05, 3.63) is 71.8 Å². The third-order valence-corrected chi connectivity index (χ3v) is 6.29. The molecule has 3 aromatic rings. The summed E-state index contributed by atoms with van der Waals surface area (Å²) in [7, 11) is 1.81. The molecule has 2 atom stereocenters. The van der Waals surface area contributed by atoms with Crippen LogP contribution in [0.25, 0.3) is 11.1 Å². The Bertz CT molecular complexity index is 1140. The van der Waals surface area contributed by atoms with Crippen LogP contribution in [0.3, 0.4) is 0 Å². The summed E-state index contributed by atoms with van der Waals surface area (Å²) in [6.07, 6.45) is 0.490. The van der Waals surface area contributed by atoms with Gasteiger partial charge in [0.1, 0.15) is 17.7 Å². The molecule has 7 nitrogen and oxygen atoms in total. The molecule has 1 saturated heterocycles. The van der Waals surface area contributed by atoms with Gasteiger partial charge >= 0.3 is 0 Å². The van der Waals surface area contributed by atoms with Crippen LogP contribution in [0, 0.1) is 19.8 Å². The third-order valence-electron chi connectivity index (χ3n) is 6.29. The van der Waals surface area contributed by atoms with E-state index in [0.29, 0.717) is 31.9 Å². The number of aromatic nitrogens is 3. The number of hydrogen-bond acceptors (Lipinski definition) is 4. The lowest BCUT2D eigenvalue weighted by Gasteiger charge is -2.40. The first-order valence-corrected chi connectivity index (χ1v) is 11.4. The number of carbonyl (C=O) groups excluding carboxylic acids is 2. The summed E-state index contributed by atoms with van der Waals surface area (Å²) in [6, 6.07) is 17.9. The van der Waals surface area contributed by atoms with Crippen molar-refractivity contribution in [1.29, 1.82) is 0 Å². The van der Waals surface area contributed by atoms with Gasteiger partial charge in [0.05, 0.1) is 12.5 Å². The van der Waals surface area contributed by atoms with Gasteiger partial charge in [0.15, 0.2) is 0 Å². The smallest absolute Gasteiger partial charge is 0.245 e. The maximum atomic E-state index is 13.5.